The maximum Gasteiger partial charge on any atom is 0.220 e. The number of rotatable bonds is 12. The van der Waals surface area contributed by atoms with E-state index in [2.05, 4.69) is 26.1 Å². The molecule has 0 aliphatic carbocycles. The van der Waals surface area contributed by atoms with Gasteiger partial charge in [-0.15, -0.1) is 0 Å². The van der Waals surface area contributed by atoms with Crippen molar-refractivity contribution in [2.75, 3.05) is 19.7 Å². The van der Waals surface area contributed by atoms with E-state index in [1.807, 2.05) is 0 Å². The van der Waals surface area contributed by atoms with Crippen LogP contribution in [0.15, 0.2) is 0 Å². The number of carbonyl (C=O) groups is 1. The summed E-state index contributed by atoms with van der Waals surface area (Å²) in [6, 6.07) is 0. The molecule has 4 nitrogen and oxygen atoms in total. The fourth-order valence-electron chi connectivity index (χ4n) is 2.63. The molecule has 0 aromatic carbocycles. The van der Waals surface area contributed by atoms with E-state index in [-0.39, 0.29) is 12.5 Å². The minimum atomic E-state index is 0.131. The molecule has 1 amide bonds. The van der Waals surface area contributed by atoms with Crippen LogP contribution in [-0.4, -0.2) is 30.7 Å². The number of amides is 1. The van der Waals surface area contributed by atoms with E-state index < -0.39 is 0 Å². The van der Waals surface area contributed by atoms with Crippen molar-refractivity contribution in [1.29, 1.82) is 0 Å². The average Bonchev–Trinajstić information content (AvgIpc) is 2.41. The zero-order valence-corrected chi connectivity index (χ0v) is 13.5. The molecule has 0 aromatic heterocycles. The van der Waals surface area contributed by atoms with Crippen LogP contribution in [-0.2, 0) is 4.79 Å². The first-order valence-corrected chi connectivity index (χ1v) is 8.12. The molecule has 0 saturated heterocycles. The van der Waals surface area contributed by atoms with Crippen molar-refractivity contribution in [3.05, 3.63) is 0 Å². The lowest BCUT2D eigenvalue weighted by Crippen LogP contribution is -2.30. The molecule has 0 aromatic rings. The standard InChI is InChI=1S/C16H34N2O2/c1-4-5-14(9-11-19)12-18-16(20)7-6-15(8-10-17)13(2)3/h13-15,19H,4-12,17H2,1-3H3,(H,18,20). The molecule has 4 N–H and O–H groups in total. The van der Waals surface area contributed by atoms with E-state index in [1.54, 1.807) is 0 Å². The number of nitrogens with two attached hydrogens (primary N) is 1. The van der Waals surface area contributed by atoms with E-state index >= 15 is 0 Å². The summed E-state index contributed by atoms with van der Waals surface area (Å²) in [5.74, 6) is 1.65. The summed E-state index contributed by atoms with van der Waals surface area (Å²) < 4.78 is 0. The van der Waals surface area contributed by atoms with Gasteiger partial charge in [0.1, 0.15) is 0 Å². The molecule has 2 unspecified atom stereocenters. The van der Waals surface area contributed by atoms with Crippen molar-refractivity contribution in [1.82, 2.24) is 5.32 Å². The Balaban J connectivity index is 3.96. The second kappa shape index (κ2) is 12.2. The lowest BCUT2D eigenvalue weighted by Gasteiger charge is -2.20. The smallest absolute Gasteiger partial charge is 0.220 e. The molecule has 0 fully saturated rings. The highest BCUT2D eigenvalue weighted by Gasteiger charge is 2.15. The van der Waals surface area contributed by atoms with Gasteiger partial charge in [-0.05, 0) is 50.0 Å². The Morgan fingerprint density at radius 3 is 2.40 bits per heavy atom. The second-order valence-corrected chi connectivity index (χ2v) is 6.09. The van der Waals surface area contributed by atoms with Gasteiger partial charge in [0.05, 0.1) is 0 Å². The molecule has 0 heterocycles. The lowest BCUT2D eigenvalue weighted by molar-refractivity contribution is -0.121. The summed E-state index contributed by atoms with van der Waals surface area (Å²) in [5, 5.41) is 12.0. The molecule has 0 radical (unpaired) electrons. The van der Waals surface area contributed by atoms with Gasteiger partial charge in [-0.3, -0.25) is 4.79 Å². The maximum atomic E-state index is 11.9. The first-order chi connectivity index (χ1) is 9.54. The van der Waals surface area contributed by atoms with Crippen LogP contribution in [0.1, 0.15) is 59.3 Å². The molecule has 120 valence electrons. The molecule has 20 heavy (non-hydrogen) atoms. The van der Waals surface area contributed by atoms with Gasteiger partial charge < -0.3 is 16.2 Å². The Morgan fingerprint density at radius 1 is 1.20 bits per heavy atom. The SMILES string of the molecule is CCCC(CCO)CNC(=O)CCC(CCN)C(C)C. The van der Waals surface area contributed by atoms with Crippen molar-refractivity contribution >= 4 is 5.91 Å². The highest BCUT2D eigenvalue weighted by molar-refractivity contribution is 5.75. The third kappa shape index (κ3) is 9.32. The molecule has 0 bridgehead atoms. The Morgan fingerprint density at radius 2 is 1.90 bits per heavy atom. The van der Waals surface area contributed by atoms with Gasteiger partial charge in [0.2, 0.25) is 5.91 Å². The van der Waals surface area contributed by atoms with Crippen LogP contribution in [0.3, 0.4) is 0 Å². The largest absolute Gasteiger partial charge is 0.396 e. The fourth-order valence-corrected chi connectivity index (χ4v) is 2.63. The molecule has 0 rings (SSSR count). The number of aliphatic hydroxyl groups excluding tert-OH is 1. The predicted octanol–water partition coefficient (Wildman–Crippen LogP) is 2.30. The summed E-state index contributed by atoms with van der Waals surface area (Å²) in [6.45, 7) is 8.10. The van der Waals surface area contributed by atoms with Crippen LogP contribution in [0.25, 0.3) is 0 Å². The summed E-state index contributed by atoms with van der Waals surface area (Å²) in [5.41, 5.74) is 5.61. The van der Waals surface area contributed by atoms with Crippen LogP contribution in [0.2, 0.25) is 0 Å². The van der Waals surface area contributed by atoms with Crippen molar-refractivity contribution in [3.63, 3.8) is 0 Å². The molecule has 0 saturated carbocycles. The molecule has 0 aliphatic heterocycles. The Kier molecular flexibility index (Phi) is 11.8. The minimum absolute atomic E-state index is 0.131. The van der Waals surface area contributed by atoms with Crippen LogP contribution < -0.4 is 11.1 Å². The van der Waals surface area contributed by atoms with Crippen molar-refractivity contribution in [2.45, 2.75) is 59.3 Å². The third-order valence-electron chi connectivity index (χ3n) is 4.04. The van der Waals surface area contributed by atoms with Gasteiger partial charge in [-0.25, -0.2) is 0 Å². The molecular weight excluding hydrogens is 252 g/mol. The minimum Gasteiger partial charge on any atom is -0.396 e. The second-order valence-electron chi connectivity index (χ2n) is 6.09. The van der Waals surface area contributed by atoms with Gasteiger partial charge in [-0.2, -0.15) is 0 Å². The number of aliphatic hydroxyl groups is 1. The van der Waals surface area contributed by atoms with Gasteiger partial charge >= 0.3 is 0 Å². The normalized spacial score (nSPS) is 14.3. The summed E-state index contributed by atoms with van der Waals surface area (Å²) >= 11 is 0. The highest BCUT2D eigenvalue weighted by atomic mass is 16.3. The quantitative estimate of drug-likeness (QED) is 0.515. The van der Waals surface area contributed by atoms with Crippen LogP contribution in [0.4, 0.5) is 0 Å². The number of hydrogen-bond donors (Lipinski definition) is 3. The summed E-state index contributed by atoms with van der Waals surface area (Å²) in [4.78, 5) is 11.9. The molecule has 0 spiro atoms. The van der Waals surface area contributed by atoms with Crippen molar-refractivity contribution in [2.24, 2.45) is 23.5 Å². The summed E-state index contributed by atoms with van der Waals surface area (Å²) in [7, 11) is 0. The Hall–Kier alpha value is -0.610. The van der Waals surface area contributed by atoms with E-state index in [4.69, 9.17) is 10.8 Å². The molecule has 2 atom stereocenters. The third-order valence-corrected chi connectivity index (χ3v) is 4.04. The Bertz CT molecular complexity index is 239. The highest BCUT2D eigenvalue weighted by Crippen LogP contribution is 2.20. The molecular formula is C16H34N2O2. The molecule has 0 aliphatic rings. The first-order valence-electron chi connectivity index (χ1n) is 8.12. The van der Waals surface area contributed by atoms with Crippen LogP contribution >= 0.6 is 0 Å². The average molecular weight is 286 g/mol. The van der Waals surface area contributed by atoms with Crippen molar-refractivity contribution < 1.29 is 9.90 Å². The number of carbonyl (C=O) groups excluding carboxylic acids is 1. The van der Waals surface area contributed by atoms with Crippen LogP contribution in [0.5, 0.6) is 0 Å². The topological polar surface area (TPSA) is 75.3 Å². The summed E-state index contributed by atoms with van der Waals surface area (Å²) in [6.07, 6.45) is 5.42. The van der Waals surface area contributed by atoms with Gasteiger partial charge in [0, 0.05) is 19.6 Å². The van der Waals surface area contributed by atoms with E-state index in [9.17, 15) is 4.79 Å². The zero-order chi connectivity index (χ0) is 15.4. The number of nitrogens with one attached hydrogen (secondary N) is 1. The monoisotopic (exact) mass is 286 g/mol. The fraction of sp³-hybridized carbons (Fsp3) is 0.938. The van der Waals surface area contributed by atoms with E-state index in [0.29, 0.717) is 37.3 Å². The lowest BCUT2D eigenvalue weighted by atomic mass is 9.88. The number of hydrogen-bond acceptors (Lipinski definition) is 3. The predicted molar refractivity (Wildman–Crippen MR) is 84.3 cm³/mol. The molecule has 4 heteroatoms. The van der Waals surface area contributed by atoms with Crippen LogP contribution in [0, 0.1) is 17.8 Å². The van der Waals surface area contributed by atoms with E-state index in [1.165, 1.54) is 0 Å². The maximum absolute atomic E-state index is 11.9. The first kappa shape index (κ1) is 19.4. The Labute approximate surface area is 124 Å². The van der Waals surface area contributed by atoms with E-state index in [0.717, 1.165) is 32.1 Å². The van der Waals surface area contributed by atoms with Gasteiger partial charge in [0.25, 0.3) is 0 Å². The van der Waals surface area contributed by atoms with Gasteiger partial charge in [0.15, 0.2) is 0 Å². The van der Waals surface area contributed by atoms with Gasteiger partial charge in [-0.1, -0.05) is 27.2 Å². The van der Waals surface area contributed by atoms with Crippen molar-refractivity contribution in [3.8, 4) is 0 Å². The zero-order valence-electron chi connectivity index (χ0n) is 13.5.